The molecule has 1 saturated carbocycles. The van der Waals surface area contributed by atoms with E-state index in [1.807, 2.05) is 11.8 Å². The van der Waals surface area contributed by atoms with Crippen LogP contribution in [0.15, 0.2) is 4.42 Å². The van der Waals surface area contributed by atoms with Crippen molar-refractivity contribution in [3.63, 3.8) is 0 Å². The molecule has 1 aliphatic heterocycles. The average Bonchev–Trinajstić information content (AvgIpc) is 2.94. The van der Waals surface area contributed by atoms with Gasteiger partial charge < -0.3 is 14.6 Å². The first-order valence-corrected chi connectivity index (χ1v) is 7.60. The van der Waals surface area contributed by atoms with E-state index in [1.54, 1.807) is 6.92 Å². The van der Waals surface area contributed by atoms with E-state index >= 15 is 0 Å². The molecule has 1 aliphatic carbocycles. The minimum Gasteiger partial charge on any atom is -0.436 e. The van der Waals surface area contributed by atoms with Crippen molar-refractivity contribution in [3.8, 4) is 0 Å². The molecule has 1 unspecified atom stereocenters. The van der Waals surface area contributed by atoms with Crippen LogP contribution in [0.25, 0.3) is 0 Å². The van der Waals surface area contributed by atoms with Crippen LogP contribution < -0.4 is 5.32 Å². The van der Waals surface area contributed by atoms with E-state index in [0.717, 1.165) is 26.1 Å². The molecule has 0 aromatic carbocycles. The monoisotopic (exact) mass is 277 g/mol. The van der Waals surface area contributed by atoms with Crippen LogP contribution in [-0.2, 0) is 0 Å². The van der Waals surface area contributed by atoms with Crippen molar-refractivity contribution < 1.29 is 9.21 Å². The van der Waals surface area contributed by atoms with Crippen LogP contribution in [-0.4, -0.2) is 41.5 Å². The Kier molecular flexibility index (Phi) is 3.78. The first-order valence-electron chi connectivity index (χ1n) is 7.60. The Hall–Kier alpha value is -1.36. The Morgan fingerprint density at radius 2 is 2.15 bits per heavy atom. The van der Waals surface area contributed by atoms with Crippen molar-refractivity contribution in [1.82, 2.24) is 15.2 Å². The second-order valence-electron chi connectivity index (χ2n) is 6.09. The zero-order chi connectivity index (χ0) is 14.1. The van der Waals surface area contributed by atoms with E-state index < -0.39 is 0 Å². The predicted molar refractivity (Wildman–Crippen MR) is 75.6 cm³/mol. The number of carbonyl (C=O) groups is 1. The van der Waals surface area contributed by atoms with Gasteiger partial charge in [0.1, 0.15) is 0 Å². The summed E-state index contributed by atoms with van der Waals surface area (Å²) >= 11 is 0. The molecule has 20 heavy (non-hydrogen) atoms. The molecule has 5 heteroatoms. The first-order chi connectivity index (χ1) is 9.63. The van der Waals surface area contributed by atoms with Gasteiger partial charge in [-0.15, -0.1) is 0 Å². The first kappa shape index (κ1) is 13.6. The smallest absolute Gasteiger partial charge is 0.291 e. The topological polar surface area (TPSA) is 58.4 Å². The van der Waals surface area contributed by atoms with Gasteiger partial charge in [0.05, 0.1) is 5.69 Å². The molecule has 1 aromatic heterocycles. The fourth-order valence-corrected chi connectivity index (χ4v) is 2.90. The maximum Gasteiger partial charge on any atom is 0.291 e. The van der Waals surface area contributed by atoms with Gasteiger partial charge in [0.15, 0.2) is 5.89 Å². The largest absolute Gasteiger partial charge is 0.436 e. The molecule has 0 radical (unpaired) electrons. The lowest BCUT2D eigenvalue weighted by atomic mass is 10.2. The molecule has 2 aliphatic rings. The van der Waals surface area contributed by atoms with Crippen LogP contribution in [0.5, 0.6) is 0 Å². The summed E-state index contributed by atoms with van der Waals surface area (Å²) in [6.07, 6.45) is 4.85. The number of oxazole rings is 1. The van der Waals surface area contributed by atoms with Crippen molar-refractivity contribution in [1.29, 1.82) is 0 Å². The summed E-state index contributed by atoms with van der Waals surface area (Å²) < 4.78 is 5.50. The van der Waals surface area contributed by atoms with Gasteiger partial charge in [-0.2, -0.15) is 0 Å². The van der Waals surface area contributed by atoms with Gasteiger partial charge >= 0.3 is 0 Å². The van der Waals surface area contributed by atoms with E-state index in [0.29, 0.717) is 29.3 Å². The zero-order valence-corrected chi connectivity index (χ0v) is 12.3. The van der Waals surface area contributed by atoms with Crippen molar-refractivity contribution in [2.24, 2.45) is 5.92 Å². The highest BCUT2D eigenvalue weighted by atomic mass is 16.4. The summed E-state index contributed by atoms with van der Waals surface area (Å²) in [5.74, 6) is 1.67. The second-order valence-corrected chi connectivity index (χ2v) is 6.09. The van der Waals surface area contributed by atoms with Crippen LogP contribution >= 0.6 is 0 Å². The molecule has 3 rings (SSSR count). The Morgan fingerprint density at radius 3 is 2.70 bits per heavy atom. The Bertz CT molecular complexity index is 487. The van der Waals surface area contributed by atoms with Crippen molar-refractivity contribution >= 4 is 5.91 Å². The number of nitrogens with one attached hydrogen (secondary N) is 1. The maximum atomic E-state index is 12.7. The fourth-order valence-electron chi connectivity index (χ4n) is 2.90. The molecule has 0 bridgehead atoms. The minimum absolute atomic E-state index is 0.00343. The van der Waals surface area contributed by atoms with Crippen LogP contribution in [0.2, 0.25) is 0 Å². The lowest BCUT2D eigenvalue weighted by Crippen LogP contribution is -2.42. The van der Waals surface area contributed by atoms with Gasteiger partial charge in [0, 0.05) is 26.1 Å². The van der Waals surface area contributed by atoms with Gasteiger partial charge in [-0.1, -0.05) is 0 Å². The molecular weight excluding hydrogens is 254 g/mol. The maximum absolute atomic E-state index is 12.7. The number of amides is 1. The molecule has 1 atom stereocenters. The molecule has 0 spiro atoms. The Balaban J connectivity index is 1.72. The van der Waals surface area contributed by atoms with Crippen molar-refractivity contribution in [3.05, 3.63) is 17.3 Å². The third-order valence-electron chi connectivity index (χ3n) is 4.16. The normalized spacial score (nSPS) is 22.2. The van der Waals surface area contributed by atoms with Gasteiger partial charge in [0.25, 0.3) is 5.91 Å². The van der Waals surface area contributed by atoms with Gasteiger partial charge in [-0.05, 0) is 45.1 Å². The summed E-state index contributed by atoms with van der Waals surface area (Å²) in [7, 11) is 0. The van der Waals surface area contributed by atoms with E-state index in [-0.39, 0.29) is 5.91 Å². The van der Waals surface area contributed by atoms with Gasteiger partial charge in [-0.3, -0.25) is 4.79 Å². The zero-order valence-electron chi connectivity index (χ0n) is 12.3. The summed E-state index contributed by atoms with van der Waals surface area (Å²) in [4.78, 5) is 18.9. The van der Waals surface area contributed by atoms with Crippen molar-refractivity contribution in [2.45, 2.75) is 45.6 Å². The molecular formula is C15H23N3O2. The summed E-state index contributed by atoms with van der Waals surface area (Å²) in [6, 6.07) is 0.432. The van der Waals surface area contributed by atoms with Crippen LogP contribution in [0, 0.1) is 19.8 Å². The van der Waals surface area contributed by atoms with Gasteiger partial charge in [0.2, 0.25) is 5.76 Å². The molecule has 110 valence electrons. The Morgan fingerprint density at radius 1 is 1.35 bits per heavy atom. The number of aryl methyl sites for hydroxylation is 2. The summed E-state index contributed by atoms with van der Waals surface area (Å²) in [5, 5.41) is 3.47. The third-order valence-corrected chi connectivity index (χ3v) is 4.16. The second kappa shape index (κ2) is 5.56. The van der Waals surface area contributed by atoms with E-state index in [9.17, 15) is 4.79 Å². The molecule has 1 aromatic rings. The van der Waals surface area contributed by atoms with Gasteiger partial charge in [-0.25, -0.2) is 4.98 Å². The number of hydrogen-bond donors (Lipinski definition) is 1. The SMILES string of the molecule is Cc1nc(C)c(C(=O)N(CC2CC2)CC2CCCN2)o1. The quantitative estimate of drug-likeness (QED) is 0.893. The van der Waals surface area contributed by atoms with Crippen LogP contribution in [0.1, 0.15) is 47.8 Å². The van der Waals surface area contributed by atoms with Crippen LogP contribution in [0.3, 0.4) is 0 Å². The number of rotatable bonds is 5. The lowest BCUT2D eigenvalue weighted by molar-refractivity contribution is 0.0699. The molecule has 2 heterocycles. The fraction of sp³-hybridized carbons (Fsp3) is 0.733. The highest BCUT2D eigenvalue weighted by molar-refractivity contribution is 5.92. The standard InChI is InChI=1S/C15H23N3O2/c1-10-14(20-11(2)17-10)15(19)18(8-12-5-6-12)9-13-4-3-7-16-13/h12-13,16H,3-9H2,1-2H3. The number of carbonyl (C=O) groups excluding carboxylic acids is 1. The number of nitrogens with zero attached hydrogens (tertiary/aromatic N) is 2. The molecule has 2 fully saturated rings. The van der Waals surface area contributed by atoms with E-state index in [1.165, 1.54) is 19.3 Å². The Labute approximate surface area is 119 Å². The highest BCUT2D eigenvalue weighted by Gasteiger charge is 2.31. The molecule has 1 N–H and O–H groups in total. The predicted octanol–water partition coefficient (Wildman–Crippen LogP) is 1.90. The summed E-state index contributed by atoms with van der Waals surface area (Å²) in [6.45, 7) is 6.34. The van der Waals surface area contributed by atoms with E-state index in [2.05, 4.69) is 10.3 Å². The number of hydrogen-bond acceptors (Lipinski definition) is 4. The molecule has 1 saturated heterocycles. The van der Waals surface area contributed by atoms with Crippen molar-refractivity contribution in [2.75, 3.05) is 19.6 Å². The average molecular weight is 277 g/mol. The lowest BCUT2D eigenvalue weighted by Gasteiger charge is -2.25. The molecule has 5 nitrogen and oxygen atoms in total. The minimum atomic E-state index is 0.00343. The van der Waals surface area contributed by atoms with E-state index in [4.69, 9.17) is 4.42 Å². The number of aromatic nitrogens is 1. The van der Waals surface area contributed by atoms with Crippen LogP contribution in [0.4, 0.5) is 0 Å². The summed E-state index contributed by atoms with van der Waals surface area (Å²) in [5.41, 5.74) is 0.702. The third kappa shape index (κ3) is 3.03. The molecule has 1 amide bonds. The highest BCUT2D eigenvalue weighted by Crippen LogP contribution is 2.30.